The number of carbonyl (C=O) groups excluding carboxylic acids is 1. The van der Waals surface area contributed by atoms with Crippen molar-refractivity contribution >= 4 is 5.91 Å². The fraction of sp³-hybridized carbons (Fsp3) is 0.900. The van der Waals surface area contributed by atoms with Crippen LogP contribution in [0.2, 0.25) is 0 Å². The number of hydrogen-bond donors (Lipinski definition) is 1. The van der Waals surface area contributed by atoms with Gasteiger partial charge in [-0.2, -0.15) is 0 Å². The molecule has 1 N–H and O–H groups in total. The minimum absolute atomic E-state index is 0.0509. The fourth-order valence-corrected chi connectivity index (χ4v) is 1.90. The molecule has 0 radical (unpaired) electrons. The third-order valence-corrected chi connectivity index (χ3v) is 2.51. The Bertz CT molecular complexity index is 180. The van der Waals surface area contributed by atoms with Crippen molar-refractivity contribution in [1.29, 1.82) is 0 Å². The minimum atomic E-state index is 0.0509. The highest BCUT2D eigenvalue weighted by atomic mass is 16.3. The fourth-order valence-electron chi connectivity index (χ4n) is 1.90. The summed E-state index contributed by atoms with van der Waals surface area (Å²) >= 11 is 0. The zero-order valence-electron chi connectivity index (χ0n) is 8.49. The Morgan fingerprint density at radius 1 is 1.54 bits per heavy atom. The largest absolute Gasteiger partial charge is 0.394 e. The molecule has 0 saturated carbocycles. The van der Waals surface area contributed by atoms with Crippen LogP contribution in [-0.4, -0.2) is 35.1 Å². The maximum atomic E-state index is 11.4. The summed E-state index contributed by atoms with van der Waals surface area (Å²) < 4.78 is 0. The third kappa shape index (κ3) is 2.69. The van der Waals surface area contributed by atoms with Crippen LogP contribution in [0.4, 0.5) is 0 Å². The van der Waals surface area contributed by atoms with Crippen LogP contribution in [0.1, 0.15) is 33.1 Å². The quantitative estimate of drug-likeness (QED) is 0.710. The first-order chi connectivity index (χ1) is 6.15. The Hall–Kier alpha value is -0.570. The lowest BCUT2D eigenvalue weighted by molar-refractivity contribution is -0.130. The summed E-state index contributed by atoms with van der Waals surface area (Å²) in [5.41, 5.74) is 0. The van der Waals surface area contributed by atoms with E-state index in [-0.39, 0.29) is 18.6 Å². The van der Waals surface area contributed by atoms with Gasteiger partial charge in [-0.25, -0.2) is 0 Å². The van der Waals surface area contributed by atoms with Gasteiger partial charge in [0.15, 0.2) is 0 Å². The molecule has 1 aliphatic rings. The molecule has 3 nitrogen and oxygen atoms in total. The molecule has 1 aliphatic heterocycles. The summed E-state index contributed by atoms with van der Waals surface area (Å²) in [6.45, 7) is 5.16. The maximum Gasteiger partial charge on any atom is 0.222 e. The molecule has 0 aliphatic carbocycles. The second kappa shape index (κ2) is 4.61. The minimum Gasteiger partial charge on any atom is -0.394 e. The van der Waals surface area contributed by atoms with Crippen molar-refractivity contribution in [3.63, 3.8) is 0 Å². The number of amides is 1. The van der Waals surface area contributed by atoms with E-state index in [2.05, 4.69) is 13.8 Å². The Kier molecular flexibility index (Phi) is 3.72. The van der Waals surface area contributed by atoms with Crippen LogP contribution in [0.25, 0.3) is 0 Å². The number of aliphatic hydroxyl groups excluding tert-OH is 1. The van der Waals surface area contributed by atoms with E-state index < -0.39 is 0 Å². The molecule has 0 bridgehead atoms. The predicted molar refractivity (Wildman–Crippen MR) is 51.3 cm³/mol. The molecule has 1 fully saturated rings. The summed E-state index contributed by atoms with van der Waals surface area (Å²) in [4.78, 5) is 13.2. The molecule has 1 saturated heterocycles. The molecule has 1 atom stereocenters. The van der Waals surface area contributed by atoms with E-state index in [0.717, 1.165) is 19.4 Å². The van der Waals surface area contributed by atoms with E-state index in [4.69, 9.17) is 5.11 Å². The smallest absolute Gasteiger partial charge is 0.222 e. The molecule has 0 spiro atoms. The first kappa shape index (κ1) is 10.5. The molecular formula is C10H19NO2. The van der Waals surface area contributed by atoms with Crippen molar-refractivity contribution in [2.45, 2.75) is 39.2 Å². The molecule has 1 amide bonds. The lowest BCUT2D eigenvalue weighted by atomic mass is 10.0. The van der Waals surface area contributed by atoms with E-state index in [1.165, 1.54) is 0 Å². The van der Waals surface area contributed by atoms with E-state index in [1.54, 1.807) is 0 Å². The number of carbonyl (C=O) groups is 1. The Morgan fingerprint density at radius 3 is 2.62 bits per heavy atom. The van der Waals surface area contributed by atoms with Crippen molar-refractivity contribution in [3.05, 3.63) is 0 Å². The Balaban J connectivity index is 2.49. The maximum absolute atomic E-state index is 11.4. The molecule has 76 valence electrons. The van der Waals surface area contributed by atoms with Crippen LogP contribution in [-0.2, 0) is 4.79 Å². The summed E-state index contributed by atoms with van der Waals surface area (Å²) in [5.74, 6) is 0.741. The Labute approximate surface area is 79.7 Å². The van der Waals surface area contributed by atoms with Crippen LogP contribution in [0.3, 0.4) is 0 Å². The average Bonchev–Trinajstić information content (AvgIpc) is 2.47. The highest BCUT2D eigenvalue weighted by Gasteiger charge is 2.27. The molecule has 0 aromatic heterocycles. The van der Waals surface area contributed by atoms with Gasteiger partial charge >= 0.3 is 0 Å². The molecule has 3 heteroatoms. The van der Waals surface area contributed by atoms with E-state index >= 15 is 0 Å². The van der Waals surface area contributed by atoms with Gasteiger partial charge in [0.1, 0.15) is 0 Å². The summed E-state index contributed by atoms with van der Waals surface area (Å²) in [6.07, 6.45) is 2.52. The van der Waals surface area contributed by atoms with Crippen molar-refractivity contribution in [2.75, 3.05) is 13.2 Å². The van der Waals surface area contributed by atoms with Gasteiger partial charge in [0.25, 0.3) is 0 Å². The third-order valence-electron chi connectivity index (χ3n) is 2.51. The molecule has 13 heavy (non-hydrogen) atoms. The zero-order valence-corrected chi connectivity index (χ0v) is 8.49. The molecule has 0 aromatic rings. The highest BCUT2D eigenvalue weighted by molar-refractivity contribution is 5.78. The van der Waals surface area contributed by atoms with Gasteiger partial charge in [0.2, 0.25) is 5.91 Å². The first-order valence-corrected chi connectivity index (χ1v) is 5.05. The van der Waals surface area contributed by atoms with Crippen LogP contribution in [0, 0.1) is 5.92 Å². The second-order valence-electron chi connectivity index (χ2n) is 4.16. The molecule has 1 unspecified atom stereocenters. The van der Waals surface area contributed by atoms with Gasteiger partial charge in [-0.05, 0) is 18.8 Å². The molecule has 1 rings (SSSR count). The van der Waals surface area contributed by atoms with Gasteiger partial charge in [-0.1, -0.05) is 13.8 Å². The van der Waals surface area contributed by atoms with Gasteiger partial charge in [0.05, 0.1) is 12.6 Å². The second-order valence-corrected chi connectivity index (χ2v) is 4.16. The van der Waals surface area contributed by atoms with Crippen LogP contribution in [0.5, 0.6) is 0 Å². The van der Waals surface area contributed by atoms with Gasteiger partial charge in [0, 0.05) is 13.0 Å². The first-order valence-electron chi connectivity index (χ1n) is 5.05. The van der Waals surface area contributed by atoms with Crippen LogP contribution < -0.4 is 0 Å². The van der Waals surface area contributed by atoms with Crippen LogP contribution in [0.15, 0.2) is 0 Å². The van der Waals surface area contributed by atoms with Crippen molar-refractivity contribution < 1.29 is 9.90 Å². The normalized spacial score (nSPS) is 20.0. The molecule has 0 aromatic carbocycles. The van der Waals surface area contributed by atoms with Crippen molar-refractivity contribution in [3.8, 4) is 0 Å². The number of hydrogen-bond acceptors (Lipinski definition) is 2. The standard InChI is InChI=1S/C10H19NO2/c1-8(2)6-9(7-12)11-5-3-4-10(11)13/h8-9,12H,3-7H2,1-2H3. The topological polar surface area (TPSA) is 40.5 Å². The van der Waals surface area contributed by atoms with Gasteiger partial charge in [-0.15, -0.1) is 0 Å². The summed E-state index contributed by atoms with van der Waals surface area (Å²) in [6, 6.07) is 0.0509. The van der Waals surface area contributed by atoms with Gasteiger partial charge < -0.3 is 10.0 Å². The Morgan fingerprint density at radius 2 is 2.23 bits per heavy atom. The monoisotopic (exact) mass is 185 g/mol. The number of likely N-dealkylation sites (tertiary alicyclic amines) is 1. The number of rotatable bonds is 4. The lowest BCUT2D eigenvalue weighted by Gasteiger charge is -2.27. The van der Waals surface area contributed by atoms with Crippen molar-refractivity contribution in [2.24, 2.45) is 5.92 Å². The van der Waals surface area contributed by atoms with E-state index in [9.17, 15) is 4.79 Å². The predicted octanol–water partition coefficient (Wildman–Crippen LogP) is 1.02. The highest BCUT2D eigenvalue weighted by Crippen LogP contribution is 2.18. The van der Waals surface area contributed by atoms with E-state index in [0.29, 0.717) is 12.3 Å². The van der Waals surface area contributed by atoms with E-state index in [1.807, 2.05) is 4.90 Å². The number of nitrogens with zero attached hydrogens (tertiary/aromatic N) is 1. The zero-order chi connectivity index (χ0) is 9.84. The number of aliphatic hydroxyl groups is 1. The summed E-state index contributed by atoms with van der Waals surface area (Å²) in [7, 11) is 0. The van der Waals surface area contributed by atoms with Gasteiger partial charge in [-0.3, -0.25) is 4.79 Å². The SMILES string of the molecule is CC(C)CC(CO)N1CCCC1=O. The molecule has 1 heterocycles. The average molecular weight is 185 g/mol. The summed E-state index contributed by atoms with van der Waals surface area (Å²) in [5, 5.41) is 9.16. The van der Waals surface area contributed by atoms with Crippen molar-refractivity contribution in [1.82, 2.24) is 4.90 Å². The lowest BCUT2D eigenvalue weighted by Crippen LogP contribution is -2.39. The molecular weight excluding hydrogens is 166 g/mol. The van der Waals surface area contributed by atoms with Crippen LogP contribution >= 0.6 is 0 Å².